The third kappa shape index (κ3) is 11.1. The lowest BCUT2D eigenvalue weighted by Crippen LogP contribution is -2.28. The summed E-state index contributed by atoms with van der Waals surface area (Å²) >= 11 is 0. The molecule has 1 aliphatic rings. The van der Waals surface area contributed by atoms with Gasteiger partial charge in [-0.2, -0.15) is 0 Å². The normalized spacial score (nSPS) is 22.6. The van der Waals surface area contributed by atoms with Gasteiger partial charge in [0.2, 0.25) is 5.91 Å². The maximum Gasteiger partial charge on any atom is 0.294 e. The van der Waals surface area contributed by atoms with Gasteiger partial charge in [0.25, 0.3) is 5.09 Å². The van der Waals surface area contributed by atoms with Crippen molar-refractivity contribution in [3.8, 4) is 0 Å². The number of carbonyl (C=O) groups is 1. The number of aliphatic hydroxyl groups excluding tert-OH is 3. The van der Waals surface area contributed by atoms with Gasteiger partial charge in [-0.1, -0.05) is 42.5 Å². The number of benzene rings is 1. The van der Waals surface area contributed by atoms with Gasteiger partial charge < -0.3 is 25.1 Å². The Labute approximate surface area is 213 Å². The zero-order valence-electron chi connectivity index (χ0n) is 21.3. The summed E-state index contributed by atoms with van der Waals surface area (Å²) in [5.74, 6) is -0.0815. The van der Waals surface area contributed by atoms with Crippen molar-refractivity contribution in [3.63, 3.8) is 0 Å². The van der Waals surface area contributed by atoms with Gasteiger partial charge in [-0.15, -0.1) is 10.1 Å². The van der Waals surface area contributed by atoms with Crippen molar-refractivity contribution in [1.29, 1.82) is 0 Å². The molecule has 1 aromatic rings. The van der Waals surface area contributed by atoms with Crippen LogP contribution in [-0.2, 0) is 16.1 Å². The first-order chi connectivity index (χ1) is 17.3. The summed E-state index contributed by atoms with van der Waals surface area (Å²) in [6, 6.07) is 10.1. The molecule has 0 aromatic heterocycles. The minimum Gasteiger partial charge on any atom is -0.393 e. The number of aliphatic hydroxyl groups is 3. The van der Waals surface area contributed by atoms with Gasteiger partial charge in [-0.3, -0.25) is 4.79 Å². The summed E-state index contributed by atoms with van der Waals surface area (Å²) in [5, 5.41) is 40.6. The first-order valence-corrected chi connectivity index (χ1v) is 13.0. The predicted molar refractivity (Wildman–Crippen MR) is 136 cm³/mol. The number of hydrogen-bond acceptors (Lipinski definition) is 7. The molecule has 9 nitrogen and oxygen atoms in total. The van der Waals surface area contributed by atoms with Crippen LogP contribution >= 0.6 is 0 Å². The lowest BCUT2D eigenvalue weighted by atomic mass is 9.85. The van der Waals surface area contributed by atoms with Crippen molar-refractivity contribution < 1.29 is 30.0 Å². The molecule has 202 valence electrons. The number of rotatable bonds is 17. The number of allylic oxidation sites excluding steroid dienone is 2. The number of nitrogens with zero attached hydrogens (tertiary/aromatic N) is 2. The molecular formula is C27H42N2O7. The van der Waals surface area contributed by atoms with Crippen molar-refractivity contribution in [2.24, 2.45) is 11.8 Å². The number of carbonyl (C=O) groups excluding carboxylic acids is 1. The fourth-order valence-corrected chi connectivity index (χ4v) is 4.91. The summed E-state index contributed by atoms with van der Waals surface area (Å²) in [6.07, 6.45) is 8.55. The molecule has 1 amide bonds. The van der Waals surface area contributed by atoms with Crippen LogP contribution in [-0.4, -0.2) is 69.7 Å². The Bertz CT molecular complexity index is 805. The van der Waals surface area contributed by atoms with E-state index >= 15 is 0 Å². The Morgan fingerprint density at radius 1 is 1.17 bits per heavy atom. The summed E-state index contributed by atoms with van der Waals surface area (Å²) < 4.78 is 0. The molecular weight excluding hydrogens is 464 g/mol. The van der Waals surface area contributed by atoms with Crippen LogP contribution in [0.3, 0.4) is 0 Å². The summed E-state index contributed by atoms with van der Waals surface area (Å²) in [7, 11) is 1.68. The molecule has 2 rings (SSSR count). The van der Waals surface area contributed by atoms with E-state index in [4.69, 9.17) is 0 Å². The standard InChI is InChI=1S/C27H42N2O7/c1-28(18-9-19-36-29(34)35)27(33)13-8-3-2-7-12-23-24(26(32)20-25(23)31)17-16-22(30)15-14-21-10-5-4-6-11-21/h2,4-7,10-11,22-26,30-32H,3,8-9,12-20H2,1H3/b7-2-/t22-,23+,24+,25-,26+/m0/s1. The number of unbranched alkanes of at least 4 members (excludes halogenated alkanes) is 1. The van der Waals surface area contributed by atoms with Gasteiger partial charge in [-0.25, -0.2) is 0 Å². The molecule has 0 heterocycles. The van der Waals surface area contributed by atoms with E-state index in [0.717, 1.165) is 12.8 Å². The van der Waals surface area contributed by atoms with Crippen LogP contribution in [0.1, 0.15) is 63.4 Å². The van der Waals surface area contributed by atoms with Crippen molar-refractivity contribution in [2.75, 3.05) is 20.2 Å². The highest BCUT2D eigenvalue weighted by Gasteiger charge is 2.40. The summed E-state index contributed by atoms with van der Waals surface area (Å²) in [5.41, 5.74) is 1.20. The third-order valence-corrected chi connectivity index (χ3v) is 7.06. The molecule has 1 saturated carbocycles. The van der Waals surface area contributed by atoms with E-state index in [1.807, 2.05) is 30.4 Å². The predicted octanol–water partition coefficient (Wildman–Crippen LogP) is 3.29. The first-order valence-electron chi connectivity index (χ1n) is 13.0. The van der Waals surface area contributed by atoms with Gasteiger partial charge in [0.05, 0.1) is 24.9 Å². The summed E-state index contributed by atoms with van der Waals surface area (Å²) in [6.45, 7) is 0.384. The SMILES string of the molecule is CN(CCCO[N+](=O)[O-])C(=O)CCC/C=C\C[C@@H]1[C@@H](CC[C@@H](O)CCc2ccccc2)[C@H](O)C[C@@H]1O. The second-order valence-corrected chi connectivity index (χ2v) is 9.78. The lowest BCUT2D eigenvalue weighted by molar-refractivity contribution is -0.757. The Kier molecular flexibility index (Phi) is 13.5. The van der Waals surface area contributed by atoms with Crippen LogP contribution < -0.4 is 0 Å². The average molecular weight is 507 g/mol. The second-order valence-electron chi connectivity index (χ2n) is 9.78. The third-order valence-electron chi connectivity index (χ3n) is 7.06. The fraction of sp³-hybridized carbons (Fsp3) is 0.667. The Hall–Kier alpha value is -2.49. The van der Waals surface area contributed by atoms with Crippen molar-refractivity contribution in [2.45, 2.75) is 82.5 Å². The van der Waals surface area contributed by atoms with Crippen LogP contribution in [0.2, 0.25) is 0 Å². The van der Waals surface area contributed by atoms with Crippen LogP contribution in [0.15, 0.2) is 42.5 Å². The molecule has 3 N–H and O–H groups in total. The Balaban J connectivity index is 1.65. The van der Waals surface area contributed by atoms with Crippen LogP contribution in [0.5, 0.6) is 0 Å². The highest BCUT2D eigenvalue weighted by Crippen LogP contribution is 2.38. The summed E-state index contributed by atoms with van der Waals surface area (Å²) in [4.78, 5) is 28.1. The first kappa shape index (κ1) is 29.7. The molecule has 9 heteroatoms. The molecule has 0 unspecified atom stereocenters. The molecule has 1 aromatic carbocycles. The molecule has 1 fully saturated rings. The number of hydrogen-bond donors (Lipinski definition) is 3. The minimum atomic E-state index is -0.835. The van der Waals surface area contributed by atoms with E-state index in [9.17, 15) is 30.2 Å². The van der Waals surface area contributed by atoms with E-state index in [0.29, 0.717) is 57.9 Å². The van der Waals surface area contributed by atoms with E-state index in [1.165, 1.54) is 5.56 Å². The van der Waals surface area contributed by atoms with Gasteiger partial charge in [0.1, 0.15) is 0 Å². The maximum atomic E-state index is 12.1. The molecule has 36 heavy (non-hydrogen) atoms. The maximum absolute atomic E-state index is 12.1. The molecule has 0 bridgehead atoms. The molecule has 1 aliphatic carbocycles. The van der Waals surface area contributed by atoms with E-state index < -0.39 is 23.4 Å². The molecule has 0 spiro atoms. The second kappa shape index (κ2) is 16.3. The van der Waals surface area contributed by atoms with Gasteiger partial charge in [0.15, 0.2) is 0 Å². The van der Waals surface area contributed by atoms with E-state index in [2.05, 4.69) is 17.0 Å². The number of amides is 1. The average Bonchev–Trinajstić information content (AvgIpc) is 3.13. The smallest absolute Gasteiger partial charge is 0.294 e. The Morgan fingerprint density at radius 2 is 1.89 bits per heavy atom. The van der Waals surface area contributed by atoms with Gasteiger partial charge >= 0.3 is 0 Å². The zero-order valence-corrected chi connectivity index (χ0v) is 21.3. The molecule has 0 saturated heterocycles. The molecule has 0 radical (unpaired) electrons. The molecule has 0 aliphatic heterocycles. The highest BCUT2D eigenvalue weighted by atomic mass is 16.9. The number of aryl methyl sites for hydroxylation is 1. The molecule has 5 atom stereocenters. The van der Waals surface area contributed by atoms with Crippen molar-refractivity contribution >= 4 is 5.91 Å². The minimum absolute atomic E-state index is 0.00951. The highest BCUT2D eigenvalue weighted by molar-refractivity contribution is 5.75. The largest absolute Gasteiger partial charge is 0.393 e. The monoisotopic (exact) mass is 506 g/mol. The van der Waals surface area contributed by atoms with Crippen LogP contribution in [0.4, 0.5) is 0 Å². The van der Waals surface area contributed by atoms with E-state index in [1.54, 1.807) is 11.9 Å². The fourth-order valence-electron chi connectivity index (χ4n) is 4.91. The van der Waals surface area contributed by atoms with E-state index in [-0.39, 0.29) is 24.3 Å². The topological polar surface area (TPSA) is 133 Å². The van der Waals surface area contributed by atoms with Crippen LogP contribution in [0, 0.1) is 22.0 Å². The van der Waals surface area contributed by atoms with Crippen molar-refractivity contribution in [3.05, 3.63) is 58.2 Å². The Morgan fingerprint density at radius 3 is 2.61 bits per heavy atom. The van der Waals surface area contributed by atoms with Crippen molar-refractivity contribution in [1.82, 2.24) is 4.90 Å². The van der Waals surface area contributed by atoms with Gasteiger partial charge in [-0.05, 0) is 75.2 Å². The van der Waals surface area contributed by atoms with Gasteiger partial charge in [0, 0.05) is 20.0 Å². The zero-order chi connectivity index (χ0) is 26.3. The lowest BCUT2D eigenvalue weighted by Gasteiger charge is -2.23. The van der Waals surface area contributed by atoms with Crippen LogP contribution in [0.25, 0.3) is 0 Å². The quantitative estimate of drug-likeness (QED) is 0.128.